The van der Waals surface area contributed by atoms with Gasteiger partial charge < -0.3 is 14.2 Å². The van der Waals surface area contributed by atoms with Crippen molar-refractivity contribution < 1.29 is 19.0 Å². The molecule has 106 valence electrons. The van der Waals surface area contributed by atoms with Crippen molar-refractivity contribution in [2.45, 2.75) is 6.42 Å². The zero-order chi connectivity index (χ0) is 14.5. The van der Waals surface area contributed by atoms with Crippen LogP contribution in [0.25, 0.3) is 0 Å². The van der Waals surface area contributed by atoms with Gasteiger partial charge in [0.05, 0.1) is 32.4 Å². The lowest BCUT2D eigenvalue weighted by atomic mass is 10.1. The molecule has 0 atom stereocenters. The van der Waals surface area contributed by atoms with Crippen LogP contribution in [-0.2, 0) is 6.42 Å². The van der Waals surface area contributed by atoms with Crippen molar-refractivity contribution >= 4 is 17.1 Å². The number of carbonyl (C=O) groups excluding carboxylic acids is 1. The molecule has 0 aliphatic heterocycles. The van der Waals surface area contributed by atoms with E-state index in [2.05, 4.69) is 4.98 Å². The van der Waals surface area contributed by atoms with Crippen LogP contribution in [0, 0.1) is 0 Å². The maximum atomic E-state index is 12.4. The van der Waals surface area contributed by atoms with Gasteiger partial charge in [0.25, 0.3) is 0 Å². The normalized spacial score (nSPS) is 10.2. The molecule has 1 aromatic carbocycles. The SMILES string of the molecule is COc1ccc(C(=O)Cc2cncs2)c(OC)c1OC. The molecule has 5 nitrogen and oxygen atoms in total. The molecule has 0 saturated carbocycles. The van der Waals surface area contributed by atoms with Gasteiger partial charge in [-0.25, -0.2) is 0 Å². The lowest BCUT2D eigenvalue weighted by molar-refractivity contribution is 0.0990. The fourth-order valence-corrected chi connectivity index (χ4v) is 2.50. The summed E-state index contributed by atoms with van der Waals surface area (Å²) in [6.45, 7) is 0. The summed E-state index contributed by atoms with van der Waals surface area (Å²) >= 11 is 1.45. The minimum atomic E-state index is -0.0490. The van der Waals surface area contributed by atoms with E-state index in [4.69, 9.17) is 14.2 Å². The lowest BCUT2D eigenvalue weighted by Crippen LogP contribution is -2.07. The second-order valence-corrected chi connectivity index (χ2v) is 4.92. The van der Waals surface area contributed by atoms with E-state index in [1.54, 1.807) is 23.8 Å². The van der Waals surface area contributed by atoms with E-state index in [1.807, 2.05) is 0 Å². The minimum absolute atomic E-state index is 0.0490. The first-order valence-electron chi connectivity index (χ1n) is 5.90. The average molecular weight is 293 g/mol. The van der Waals surface area contributed by atoms with Gasteiger partial charge >= 0.3 is 0 Å². The largest absolute Gasteiger partial charge is 0.493 e. The van der Waals surface area contributed by atoms with Crippen molar-refractivity contribution in [2.24, 2.45) is 0 Å². The predicted octanol–water partition coefficient (Wildman–Crippen LogP) is 2.59. The molecule has 0 aliphatic carbocycles. The van der Waals surface area contributed by atoms with Crippen LogP contribution >= 0.6 is 11.3 Å². The summed E-state index contributed by atoms with van der Waals surface area (Å²) in [6, 6.07) is 3.38. The van der Waals surface area contributed by atoms with E-state index in [1.165, 1.54) is 32.7 Å². The molecule has 0 bridgehead atoms. The van der Waals surface area contributed by atoms with Gasteiger partial charge in [0.2, 0.25) is 5.75 Å². The van der Waals surface area contributed by atoms with Gasteiger partial charge in [-0.05, 0) is 12.1 Å². The number of hydrogen-bond acceptors (Lipinski definition) is 6. The third-order valence-corrected chi connectivity index (χ3v) is 3.60. The van der Waals surface area contributed by atoms with Gasteiger partial charge in [-0.15, -0.1) is 11.3 Å². The van der Waals surface area contributed by atoms with Gasteiger partial charge in [-0.3, -0.25) is 9.78 Å². The third-order valence-electron chi connectivity index (χ3n) is 2.82. The van der Waals surface area contributed by atoms with Crippen LogP contribution in [-0.4, -0.2) is 32.1 Å². The van der Waals surface area contributed by atoms with Crippen LogP contribution < -0.4 is 14.2 Å². The van der Waals surface area contributed by atoms with E-state index in [-0.39, 0.29) is 12.2 Å². The highest BCUT2D eigenvalue weighted by atomic mass is 32.1. The fraction of sp³-hybridized carbons (Fsp3) is 0.286. The van der Waals surface area contributed by atoms with E-state index in [9.17, 15) is 4.79 Å². The number of ketones is 1. The summed E-state index contributed by atoms with van der Waals surface area (Å²) in [5.41, 5.74) is 2.17. The summed E-state index contributed by atoms with van der Waals surface area (Å²) in [5.74, 6) is 1.29. The molecule has 1 heterocycles. The Labute approximate surface area is 121 Å². The minimum Gasteiger partial charge on any atom is -0.493 e. The third kappa shape index (κ3) is 2.75. The van der Waals surface area contributed by atoms with Crippen molar-refractivity contribution in [3.63, 3.8) is 0 Å². The van der Waals surface area contributed by atoms with Crippen LogP contribution in [0.5, 0.6) is 17.2 Å². The van der Waals surface area contributed by atoms with Crippen LogP contribution in [0.2, 0.25) is 0 Å². The number of ether oxygens (including phenoxy) is 3. The Kier molecular flexibility index (Phi) is 4.57. The Balaban J connectivity index is 2.38. The lowest BCUT2D eigenvalue weighted by Gasteiger charge is -2.14. The van der Waals surface area contributed by atoms with Gasteiger partial charge in [0.1, 0.15) is 0 Å². The molecule has 0 amide bonds. The zero-order valence-corrected chi connectivity index (χ0v) is 12.3. The topological polar surface area (TPSA) is 57.7 Å². The Hall–Kier alpha value is -2.08. The average Bonchev–Trinajstić information content (AvgIpc) is 2.98. The van der Waals surface area contributed by atoms with Crippen molar-refractivity contribution in [3.05, 3.63) is 34.3 Å². The van der Waals surface area contributed by atoms with E-state index in [0.29, 0.717) is 22.8 Å². The highest BCUT2D eigenvalue weighted by Gasteiger charge is 2.20. The van der Waals surface area contributed by atoms with Crippen molar-refractivity contribution in [1.82, 2.24) is 4.98 Å². The van der Waals surface area contributed by atoms with Crippen molar-refractivity contribution in [3.8, 4) is 17.2 Å². The Morgan fingerprint density at radius 2 is 1.90 bits per heavy atom. The molecule has 0 radical (unpaired) electrons. The molecule has 0 spiro atoms. The molecule has 20 heavy (non-hydrogen) atoms. The smallest absolute Gasteiger partial charge is 0.204 e. The molecule has 0 fully saturated rings. The van der Waals surface area contributed by atoms with Gasteiger partial charge in [0, 0.05) is 17.5 Å². The first-order valence-corrected chi connectivity index (χ1v) is 6.78. The van der Waals surface area contributed by atoms with E-state index in [0.717, 1.165) is 4.88 Å². The zero-order valence-electron chi connectivity index (χ0n) is 11.5. The van der Waals surface area contributed by atoms with Crippen molar-refractivity contribution in [2.75, 3.05) is 21.3 Å². The Morgan fingerprint density at radius 1 is 1.15 bits per heavy atom. The Bertz CT molecular complexity index is 595. The molecule has 2 aromatic rings. The first kappa shape index (κ1) is 14.3. The molecule has 0 unspecified atom stereocenters. The summed E-state index contributed by atoms with van der Waals surface area (Å²) in [6.07, 6.45) is 1.98. The number of Topliss-reactive ketones (excluding diaryl/α,β-unsaturated/α-hetero) is 1. The molecule has 1 aromatic heterocycles. The second-order valence-electron chi connectivity index (χ2n) is 3.95. The van der Waals surface area contributed by atoms with Crippen LogP contribution in [0.15, 0.2) is 23.8 Å². The van der Waals surface area contributed by atoms with Crippen LogP contribution in [0.3, 0.4) is 0 Å². The molecular formula is C14H15NO4S. The van der Waals surface area contributed by atoms with Gasteiger partial charge in [0.15, 0.2) is 17.3 Å². The summed E-state index contributed by atoms with van der Waals surface area (Å²) < 4.78 is 15.8. The maximum Gasteiger partial charge on any atom is 0.204 e. The number of aromatic nitrogens is 1. The summed E-state index contributed by atoms with van der Waals surface area (Å²) in [4.78, 5) is 17.2. The number of hydrogen-bond donors (Lipinski definition) is 0. The molecule has 0 aliphatic rings. The highest BCUT2D eigenvalue weighted by molar-refractivity contribution is 7.09. The van der Waals surface area contributed by atoms with Crippen LogP contribution in [0.4, 0.5) is 0 Å². The monoisotopic (exact) mass is 293 g/mol. The number of rotatable bonds is 6. The maximum absolute atomic E-state index is 12.4. The standard InChI is InChI=1S/C14H15NO4S/c1-17-12-5-4-10(13(18-2)14(12)19-3)11(16)6-9-7-15-8-20-9/h4-5,7-8H,6H2,1-3H3. The molecule has 2 rings (SSSR count). The number of benzene rings is 1. The summed E-state index contributed by atoms with van der Waals surface area (Å²) in [5, 5.41) is 0. The van der Waals surface area contributed by atoms with Crippen molar-refractivity contribution in [1.29, 1.82) is 0 Å². The molecule has 0 N–H and O–H groups in total. The summed E-state index contributed by atoms with van der Waals surface area (Å²) in [7, 11) is 4.55. The molecule has 6 heteroatoms. The van der Waals surface area contributed by atoms with E-state index >= 15 is 0 Å². The highest BCUT2D eigenvalue weighted by Crippen LogP contribution is 2.40. The van der Waals surface area contributed by atoms with Gasteiger partial charge in [-0.2, -0.15) is 0 Å². The second kappa shape index (κ2) is 6.38. The van der Waals surface area contributed by atoms with Gasteiger partial charge in [-0.1, -0.05) is 0 Å². The number of nitrogens with zero attached hydrogens (tertiary/aromatic N) is 1. The number of thiazole rings is 1. The van der Waals surface area contributed by atoms with E-state index < -0.39 is 0 Å². The number of carbonyl (C=O) groups is 1. The number of methoxy groups -OCH3 is 3. The molecular weight excluding hydrogens is 278 g/mol. The quantitative estimate of drug-likeness (QED) is 0.766. The predicted molar refractivity (Wildman–Crippen MR) is 76.2 cm³/mol. The molecule has 0 saturated heterocycles. The first-order chi connectivity index (χ1) is 9.71. The fourth-order valence-electron chi connectivity index (χ4n) is 1.90. The Morgan fingerprint density at radius 3 is 2.45 bits per heavy atom. The van der Waals surface area contributed by atoms with Crippen LogP contribution in [0.1, 0.15) is 15.2 Å².